The van der Waals surface area contributed by atoms with Crippen LogP contribution in [0.2, 0.25) is 0 Å². The summed E-state index contributed by atoms with van der Waals surface area (Å²) in [5, 5.41) is 8.56. The lowest BCUT2D eigenvalue weighted by atomic mass is 10.1. The van der Waals surface area contributed by atoms with E-state index in [0.717, 1.165) is 17.5 Å². The summed E-state index contributed by atoms with van der Waals surface area (Å²) in [6.07, 6.45) is 1.64. The highest BCUT2D eigenvalue weighted by Crippen LogP contribution is 2.07. The Kier molecular flexibility index (Phi) is 6.91. The van der Waals surface area contributed by atoms with Crippen molar-refractivity contribution in [2.24, 2.45) is 0 Å². The number of carbonyl (C=O) groups excluding carboxylic acids is 1. The first-order chi connectivity index (χ1) is 9.61. The first-order valence-electron chi connectivity index (χ1n) is 6.57. The molecule has 0 aliphatic carbocycles. The average molecular weight is 274 g/mol. The fourth-order valence-electron chi connectivity index (χ4n) is 1.63. The number of carboxylic acids is 1. The van der Waals surface area contributed by atoms with Gasteiger partial charge in [-0.05, 0) is 37.5 Å². The van der Waals surface area contributed by atoms with E-state index in [4.69, 9.17) is 9.84 Å². The van der Waals surface area contributed by atoms with E-state index in [9.17, 15) is 9.59 Å². The number of rotatable bonds is 6. The molecule has 0 aliphatic rings. The predicted octanol–water partition coefficient (Wildman–Crippen LogP) is 2.40. The zero-order valence-corrected chi connectivity index (χ0v) is 11.5. The Labute approximate surface area is 118 Å². The largest absolute Gasteiger partial charge is 0.481 e. The number of hydrogen-bond acceptors (Lipinski definition) is 3. The van der Waals surface area contributed by atoms with Gasteiger partial charge in [-0.25, -0.2) is 0 Å². The summed E-state index contributed by atoms with van der Waals surface area (Å²) < 4.78 is 4.77. The first-order valence-corrected chi connectivity index (χ1v) is 6.57. The Balaban J connectivity index is 2.44. The van der Waals surface area contributed by atoms with Crippen LogP contribution in [0.15, 0.2) is 24.3 Å². The monoisotopic (exact) mass is 274 g/mol. The highest BCUT2D eigenvalue weighted by molar-refractivity contribution is 5.72. The molecule has 0 saturated heterocycles. The minimum Gasteiger partial charge on any atom is -0.481 e. The quantitative estimate of drug-likeness (QED) is 0.639. The normalized spacial score (nSPS) is 9.45. The van der Waals surface area contributed by atoms with Crippen LogP contribution in [-0.2, 0) is 20.7 Å². The van der Waals surface area contributed by atoms with E-state index in [1.807, 2.05) is 24.3 Å². The van der Waals surface area contributed by atoms with E-state index in [2.05, 4.69) is 11.8 Å². The van der Waals surface area contributed by atoms with Crippen molar-refractivity contribution < 1.29 is 19.4 Å². The maximum atomic E-state index is 11.1. The molecule has 0 heterocycles. The molecule has 0 aliphatic heterocycles. The Hall–Kier alpha value is -2.28. The van der Waals surface area contributed by atoms with Gasteiger partial charge in [0, 0.05) is 12.0 Å². The van der Waals surface area contributed by atoms with Crippen molar-refractivity contribution in [3.63, 3.8) is 0 Å². The average Bonchev–Trinajstić information content (AvgIpc) is 2.40. The van der Waals surface area contributed by atoms with Gasteiger partial charge in [-0.3, -0.25) is 9.59 Å². The molecule has 0 fully saturated rings. The lowest BCUT2D eigenvalue weighted by Gasteiger charge is -1.99. The molecule has 106 valence electrons. The van der Waals surface area contributed by atoms with Crippen molar-refractivity contribution in [3.8, 4) is 11.8 Å². The third-order valence-corrected chi connectivity index (χ3v) is 2.58. The van der Waals surface area contributed by atoms with E-state index in [0.29, 0.717) is 13.0 Å². The molecule has 0 radical (unpaired) electrons. The number of benzene rings is 1. The van der Waals surface area contributed by atoms with Gasteiger partial charge < -0.3 is 9.84 Å². The maximum absolute atomic E-state index is 11.1. The second-order valence-electron chi connectivity index (χ2n) is 4.23. The van der Waals surface area contributed by atoms with E-state index in [-0.39, 0.29) is 18.8 Å². The summed E-state index contributed by atoms with van der Waals surface area (Å²) in [6, 6.07) is 7.59. The van der Waals surface area contributed by atoms with Gasteiger partial charge in [-0.15, -0.1) is 0 Å². The molecular weight excluding hydrogens is 256 g/mol. The molecule has 1 N–H and O–H groups in total. The second-order valence-corrected chi connectivity index (χ2v) is 4.23. The molecule has 0 bridgehead atoms. The van der Waals surface area contributed by atoms with E-state index < -0.39 is 5.97 Å². The van der Waals surface area contributed by atoms with Gasteiger partial charge in [0.15, 0.2) is 0 Å². The summed E-state index contributed by atoms with van der Waals surface area (Å²) in [7, 11) is 0. The zero-order valence-electron chi connectivity index (χ0n) is 11.5. The van der Waals surface area contributed by atoms with Crippen molar-refractivity contribution in [1.29, 1.82) is 0 Å². The topological polar surface area (TPSA) is 63.6 Å². The number of esters is 1. The van der Waals surface area contributed by atoms with Crippen LogP contribution in [0, 0.1) is 11.8 Å². The van der Waals surface area contributed by atoms with Gasteiger partial charge in [0.2, 0.25) is 0 Å². The molecule has 0 amide bonds. The molecule has 0 saturated carbocycles. The number of hydrogen-bond donors (Lipinski definition) is 1. The fraction of sp³-hybridized carbons (Fsp3) is 0.375. The molecule has 0 spiro atoms. The third kappa shape index (κ3) is 6.60. The molecule has 4 heteroatoms. The second kappa shape index (κ2) is 8.76. The zero-order chi connectivity index (χ0) is 14.8. The van der Waals surface area contributed by atoms with Gasteiger partial charge in [0.25, 0.3) is 0 Å². The Bertz CT molecular complexity index is 506. The summed E-state index contributed by atoms with van der Waals surface area (Å²) in [4.78, 5) is 21.5. The minimum atomic E-state index is -0.772. The van der Waals surface area contributed by atoms with Crippen LogP contribution in [0.25, 0.3) is 0 Å². The molecule has 1 rings (SSSR count). The molecule has 4 nitrogen and oxygen atoms in total. The summed E-state index contributed by atoms with van der Waals surface area (Å²) in [5.41, 5.74) is 1.92. The van der Waals surface area contributed by atoms with Gasteiger partial charge >= 0.3 is 11.9 Å². The molecule has 0 aromatic heterocycles. The highest BCUT2D eigenvalue weighted by Gasteiger charge is 1.99. The molecule has 20 heavy (non-hydrogen) atoms. The Morgan fingerprint density at radius 1 is 1.25 bits per heavy atom. The summed E-state index contributed by atoms with van der Waals surface area (Å²) in [6.45, 7) is 2.12. The Morgan fingerprint density at radius 2 is 1.95 bits per heavy atom. The highest BCUT2D eigenvalue weighted by atomic mass is 16.5. The van der Waals surface area contributed by atoms with Gasteiger partial charge in [-0.2, -0.15) is 0 Å². The predicted molar refractivity (Wildman–Crippen MR) is 75.1 cm³/mol. The maximum Gasteiger partial charge on any atom is 0.317 e. The van der Waals surface area contributed by atoms with E-state index >= 15 is 0 Å². The lowest BCUT2D eigenvalue weighted by molar-refractivity contribution is -0.142. The number of aryl methyl sites for hydroxylation is 1. The summed E-state index contributed by atoms with van der Waals surface area (Å²) in [5.74, 6) is 4.57. The third-order valence-electron chi connectivity index (χ3n) is 2.58. The SMILES string of the molecule is CCOC(=O)CC#Cc1ccc(CCCC(=O)O)cc1. The van der Waals surface area contributed by atoms with Crippen LogP contribution in [0.3, 0.4) is 0 Å². The first kappa shape index (κ1) is 15.8. The number of ether oxygens (including phenoxy) is 1. The Morgan fingerprint density at radius 3 is 2.55 bits per heavy atom. The fourth-order valence-corrected chi connectivity index (χ4v) is 1.63. The van der Waals surface area contributed by atoms with Crippen LogP contribution in [0.5, 0.6) is 0 Å². The van der Waals surface area contributed by atoms with Crippen LogP contribution in [0.1, 0.15) is 37.3 Å². The van der Waals surface area contributed by atoms with Gasteiger partial charge in [0.1, 0.15) is 6.42 Å². The number of aliphatic carboxylic acids is 1. The number of carbonyl (C=O) groups is 2. The van der Waals surface area contributed by atoms with Gasteiger partial charge in [-0.1, -0.05) is 24.0 Å². The van der Waals surface area contributed by atoms with Crippen molar-refractivity contribution in [1.82, 2.24) is 0 Å². The lowest BCUT2D eigenvalue weighted by Crippen LogP contribution is -2.01. The summed E-state index contributed by atoms with van der Waals surface area (Å²) >= 11 is 0. The van der Waals surface area contributed by atoms with Crippen molar-refractivity contribution >= 4 is 11.9 Å². The van der Waals surface area contributed by atoms with Crippen LogP contribution < -0.4 is 0 Å². The minimum absolute atomic E-state index is 0.0915. The smallest absolute Gasteiger partial charge is 0.317 e. The van der Waals surface area contributed by atoms with Crippen molar-refractivity contribution in [2.75, 3.05) is 6.61 Å². The van der Waals surface area contributed by atoms with Crippen LogP contribution >= 0.6 is 0 Å². The number of carboxylic acid groups (broad SMARTS) is 1. The van der Waals surface area contributed by atoms with Gasteiger partial charge in [0.05, 0.1) is 6.61 Å². The van der Waals surface area contributed by atoms with Crippen LogP contribution in [-0.4, -0.2) is 23.7 Å². The molecule has 1 aromatic carbocycles. The van der Waals surface area contributed by atoms with E-state index in [1.165, 1.54) is 0 Å². The standard InChI is InChI=1S/C16H18O4/c1-2-20-16(19)8-4-6-14-11-9-13(10-12-14)5-3-7-15(17)18/h9-12H,2-3,5,7-8H2,1H3,(H,17,18). The molecule has 0 atom stereocenters. The van der Waals surface area contributed by atoms with Crippen molar-refractivity contribution in [2.45, 2.75) is 32.6 Å². The van der Waals surface area contributed by atoms with E-state index in [1.54, 1.807) is 6.92 Å². The molecular formula is C16H18O4. The molecule has 0 unspecified atom stereocenters. The van der Waals surface area contributed by atoms with Crippen LogP contribution in [0.4, 0.5) is 0 Å². The molecule has 1 aromatic rings. The van der Waals surface area contributed by atoms with Crippen molar-refractivity contribution in [3.05, 3.63) is 35.4 Å².